The second-order valence-corrected chi connectivity index (χ2v) is 3.24. The van der Waals surface area contributed by atoms with E-state index in [0.717, 1.165) is 0 Å². The summed E-state index contributed by atoms with van der Waals surface area (Å²) in [7, 11) is 0. The largest absolute Gasteiger partial charge is 0.280 e. The van der Waals surface area contributed by atoms with Gasteiger partial charge in [-0.15, -0.1) is 0 Å². The van der Waals surface area contributed by atoms with Crippen LogP contribution in [0.1, 0.15) is 17.7 Å². The highest BCUT2D eigenvalue weighted by molar-refractivity contribution is 14.1. The highest BCUT2D eigenvalue weighted by atomic mass is 127. The van der Waals surface area contributed by atoms with Crippen molar-refractivity contribution in [3.63, 3.8) is 0 Å². The first kappa shape index (κ1) is 8.83. The second-order valence-electron chi connectivity index (χ2n) is 2.14. The summed E-state index contributed by atoms with van der Waals surface area (Å²) in [5.74, 6) is 0. The Bertz CT molecular complexity index is 263. The highest BCUT2D eigenvalue weighted by Gasteiger charge is 2.11. The molecule has 1 rings (SSSR count). The van der Waals surface area contributed by atoms with Crippen molar-refractivity contribution in [1.29, 1.82) is 0 Å². The molecule has 0 unspecified atom stereocenters. The number of alkyl halides is 2. The number of aromatic nitrogens is 1. The summed E-state index contributed by atoms with van der Waals surface area (Å²) in [5, 5.41) is 0. The molecule has 0 amide bonds. The second kappa shape index (κ2) is 3.42. The summed E-state index contributed by atoms with van der Waals surface area (Å²) in [4.78, 5) is 3.71. The molecule has 11 heavy (non-hydrogen) atoms. The zero-order chi connectivity index (χ0) is 8.43. The Morgan fingerprint density at radius 2 is 2.09 bits per heavy atom. The first-order valence-electron chi connectivity index (χ1n) is 3.02. The lowest BCUT2D eigenvalue weighted by Gasteiger charge is -2.02. The molecular formula is C7H6F2IN. The van der Waals surface area contributed by atoms with Gasteiger partial charge >= 0.3 is 0 Å². The molecule has 0 aliphatic rings. The van der Waals surface area contributed by atoms with Gasteiger partial charge < -0.3 is 0 Å². The predicted molar refractivity (Wildman–Crippen MR) is 46.6 cm³/mol. The predicted octanol–water partition coefficient (Wildman–Crippen LogP) is 2.93. The average molecular weight is 269 g/mol. The third-order valence-corrected chi connectivity index (χ3v) is 1.91. The Hall–Kier alpha value is -0.260. The number of halogens is 3. The summed E-state index contributed by atoms with van der Waals surface area (Å²) < 4.78 is 24.9. The maximum atomic E-state index is 12.1. The van der Waals surface area contributed by atoms with E-state index in [9.17, 15) is 8.78 Å². The lowest BCUT2D eigenvalue weighted by molar-refractivity contribution is 0.145. The van der Waals surface area contributed by atoms with E-state index >= 15 is 0 Å². The van der Waals surface area contributed by atoms with E-state index in [1.54, 1.807) is 19.1 Å². The van der Waals surface area contributed by atoms with Gasteiger partial charge in [0.05, 0.1) is 0 Å². The molecule has 60 valence electrons. The molecule has 0 aliphatic carbocycles. The molecule has 0 fully saturated rings. The number of hydrogen-bond acceptors (Lipinski definition) is 1. The van der Waals surface area contributed by atoms with Crippen LogP contribution in [0.3, 0.4) is 0 Å². The first-order chi connectivity index (χ1) is 5.11. The standard InChI is InChI=1S/C7H6F2IN/c1-4-2-3-5(10)11-6(4)7(8)9/h2-3,7H,1H3. The summed E-state index contributed by atoms with van der Waals surface area (Å²) in [5.41, 5.74) is 0.428. The van der Waals surface area contributed by atoms with E-state index < -0.39 is 6.43 Å². The molecule has 0 saturated carbocycles. The van der Waals surface area contributed by atoms with Gasteiger partial charge in [0.25, 0.3) is 6.43 Å². The van der Waals surface area contributed by atoms with Crippen molar-refractivity contribution in [2.45, 2.75) is 13.3 Å². The van der Waals surface area contributed by atoms with E-state index in [-0.39, 0.29) is 5.69 Å². The van der Waals surface area contributed by atoms with Crippen LogP contribution in [-0.2, 0) is 0 Å². The molecule has 0 N–H and O–H groups in total. The fourth-order valence-corrected chi connectivity index (χ4v) is 1.18. The molecule has 0 spiro atoms. The van der Waals surface area contributed by atoms with Crippen molar-refractivity contribution in [1.82, 2.24) is 4.98 Å². The molecule has 0 aromatic carbocycles. The van der Waals surface area contributed by atoms with Crippen molar-refractivity contribution in [3.05, 3.63) is 27.1 Å². The number of nitrogens with zero attached hydrogens (tertiary/aromatic N) is 1. The van der Waals surface area contributed by atoms with Crippen LogP contribution in [0.15, 0.2) is 12.1 Å². The third-order valence-electron chi connectivity index (χ3n) is 1.31. The average Bonchev–Trinajstić information content (AvgIpc) is 1.94. The normalized spacial score (nSPS) is 10.6. The summed E-state index contributed by atoms with van der Waals surface area (Å²) in [6, 6.07) is 3.36. The van der Waals surface area contributed by atoms with Gasteiger partial charge in [-0.25, -0.2) is 13.8 Å². The van der Waals surface area contributed by atoms with Crippen LogP contribution in [0.4, 0.5) is 8.78 Å². The van der Waals surface area contributed by atoms with Gasteiger partial charge in [0.15, 0.2) is 0 Å². The SMILES string of the molecule is Cc1ccc(I)nc1C(F)F. The van der Waals surface area contributed by atoms with Crippen molar-refractivity contribution in [2.24, 2.45) is 0 Å². The lowest BCUT2D eigenvalue weighted by atomic mass is 10.2. The molecule has 0 atom stereocenters. The van der Waals surface area contributed by atoms with Gasteiger partial charge in [-0.2, -0.15) is 0 Å². The van der Waals surface area contributed by atoms with Crippen molar-refractivity contribution < 1.29 is 8.78 Å². The molecule has 1 heterocycles. The molecule has 4 heteroatoms. The molecule has 1 aromatic rings. The minimum atomic E-state index is -2.47. The van der Waals surface area contributed by atoms with Crippen LogP contribution >= 0.6 is 22.6 Å². The van der Waals surface area contributed by atoms with Crippen LogP contribution in [0, 0.1) is 10.6 Å². The molecular weight excluding hydrogens is 263 g/mol. The minimum Gasteiger partial charge on any atom is -0.241 e. The molecule has 0 saturated heterocycles. The van der Waals surface area contributed by atoms with E-state index in [4.69, 9.17) is 0 Å². The van der Waals surface area contributed by atoms with E-state index in [2.05, 4.69) is 4.98 Å². The van der Waals surface area contributed by atoms with Crippen LogP contribution in [0.2, 0.25) is 0 Å². The topological polar surface area (TPSA) is 12.9 Å². The van der Waals surface area contributed by atoms with Crippen molar-refractivity contribution in [3.8, 4) is 0 Å². The Morgan fingerprint density at radius 1 is 1.45 bits per heavy atom. The molecule has 1 nitrogen and oxygen atoms in total. The summed E-state index contributed by atoms with van der Waals surface area (Å²) in [6.07, 6.45) is -2.47. The Morgan fingerprint density at radius 3 is 2.55 bits per heavy atom. The van der Waals surface area contributed by atoms with Crippen molar-refractivity contribution in [2.75, 3.05) is 0 Å². The van der Waals surface area contributed by atoms with E-state index in [1.807, 2.05) is 22.6 Å². The Balaban J connectivity index is 3.13. The van der Waals surface area contributed by atoms with Crippen molar-refractivity contribution >= 4 is 22.6 Å². The van der Waals surface area contributed by atoms with Gasteiger partial charge in [-0.05, 0) is 41.1 Å². The molecule has 0 aliphatic heterocycles. The fourth-order valence-electron chi connectivity index (χ4n) is 0.741. The maximum Gasteiger partial charge on any atom is 0.280 e. The van der Waals surface area contributed by atoms with Gasteiger partial charge in [-0.3, -0.25) is 0 Å². The quantitative estimate of drug-likeness (QED) is 0.564. The Kier molecular flexibility index (Phi) is 2.75. The number of hydrogen-bond donors (Lipinski definition) is 0. The highest BCUT2D eigenvalue weighted by Crippen LogP contribution is 2.20. The lowest BCUT2D eigenvalue weighted by Crippen LogP contribution is -1.95. The van der Waals surface area contributed by atoms with Gasteiger partial charge in [-0.1, -0.05) is 6.07 Å². The zero-order valence-electron chi connectivity index (χ0n) is 5.81. The summed E-state index contributed by atoms with van der Waals surface area (Å²) >= 11 is 1.91. The summed E-state index contributed by atoms with van der Waals surface area (Å²) in [6.45, 7) is 1.63. The van der Waals surface area contributed by atoms with Gasteiger partial charge in [0.2, 0.25) is 0 Å². The molecule has 0 radical (unpaired) electrons. The number of pyridine rings is 1. The zero-order valence-corrected chi connectivity index (χ0v) is 7.97. The Labute approximate surface area is 77.0 Å². The van der Waals surface area contributed by atoms with Gasteiger partial charge in [0.1, 0.15) is 9.39 Å². The van der Waals surface area contributed by atoms with Gasteiger partial charge in [0, 0.05) is 0 Å². The first-order valence-corrected chi connectivity index (χ1v) is 4.10. The third kappa shape index (κ3) is 2.08. The number of rotatable bonds is 1. The number of aryl methyl sites for hydroxylation is 1. The van der Waals surface area contributed by atoms with E-state index in [0.29, 0.717) is 9.26 Å². The fraction of sp³-hybridized carbons (Fsp3) is 0.286. The smallest absolute Gasteiger partial charge is 0.241 e. The van der Waals surface area contributed by atoms with Crippen LogP contribution in [-0.4, -0.2) is 4.98 Å². The minimum absolute atomic E-state index is 0.114. The van der Waals surface area contributed by atoms with Crippen LogP contribution in [0.5, 0.6) is 0 Å². The maximum absolute atomic E-state index is 12.1. The van der Waals surface area contributed by atoms with Crippen LogP contribution in [0.25, 0.3) is 0 Å². The van der Waals surface area contributed by atoms with E-state index in [1.165, 1.54) is 0 Å². The molecule has 0 bridgehead atoms. The monoisotopic (exact) mass is 269 g/mol. The van der Waals surface area contributed by atoms with Crippen LogP contribution < -0.4 is 0 Å². The molecule has 1 aromatic heterocycles.